The Morgan fingerprint density at radius 3 is 2.43 bits per heavy atom. The number of ketones is 1. The van der Waals surface area contributed by atoms with Crippen LogP contribution in [-0.4, -0.2) is 96.1 Å². The summed E-state index contributed by atoms with van der Waals surface area (Å²) in [6.07, 6.45) is 3.35. The summed E-state index contributed by atoms with van der Waals surface area (Å²) in [5, 5.41) is 10.6. The Balaban J connectivity index is 1.51. The number of carbonyl (C=O) groups excluding carboxylic acids is 3. The number of Topliss-reactive ketones (excluding diaryl/α,β-unsaturated/α-hetero) is 1. The monoisotopic (exact) mass is 512 g/mol. The van der Waals surface area contributed by atoms with Crippen LogP contribution in [0.1, 0.15) is 67.8 Å². The van der Waals surface area contributed by atoms with E-state index in [2.05, 4.69) is 23.6 Å². The number of ether oxygens (including phenoxy) is 1. The zero-order chi connectivity index (χ0) is 26.3. The molecule has 0 radical (unpaired) electrons. The molecule has 3 heterocycles. The maximum Gasteiger partial charge on any atom is 0.249 e. The van der Waals surface area contributed by atoms with Gasteiger partial charge in [-0.3, -0.25) is 19.3 Å². The van der Waals surface area contributed by atoms with E-state index in [0.29, 0.717) is 17.2 Å². The third-order valence-corrected chi connectivity index (χ3v) is 8.87. The van der Waals surface area contributed by atoms with Gasteiger partial charge in [-0.25, -0.2) is 0 Å². The molecule has 1 aliphatic carbocycles. The molecule has 9 heteroatoms. The van der Waals surface area contributed by atoms with Gasteiger partial charge < -0.3 is 25.4 Å². The summed E-state index contributed by atoms with van der Waals surface area (Å²) in [6, 6.07) is 5.40. The molecule has 1 aromatic carbocycles. The molecule has 5 rings (SSSR count). The Bertz CT molecular complexity index is 1030. The van der Waals surface area contributed by atoms with E-state index in [1.54, 1.807) is 6.07 Å². The number of amides is 2. The first-order valence-corrected chi connectivity index (χ1v) is 13.8. The van der Waals surface area contributed by atoms with E-state index in [1.165, 1.54) is 4.90 Å². The minimum Gasteiger partial charge on any atom is -0.388 e. The van der Waals surface area contributed by atoms with Crippen LogP contribution in [0.2, 0.25) is 0 Å². The SMILES string of the molecule is CC(C)N1CCN(c2ccc(C(N)=O)c([C@@H](C(=O)N3C[C@H](O)[C@H]4OCC(=O)[C@H]43)C3CCCCC3)c2)CC1. The lowest BCUT2D eigenvalue weighted by Crippen LogP contribution is -2.49. The number of rotatable bonds is 6. The third-order valence-electron chi connectivity index (χ3n) is 8.87. The Morgan fingerprint density at radius 1 is 1.08 bits per heavy atom. The summed E-state index contributed by atoms with van der Waals surface area (Å²) in [5.74, 6) is -1.50. The third kappa shape index (κ3) is 5.01. The van der Waals surface area contributed by atoms with Gasteiger partial charge in [-0.1, -0.05) is 19.3 Å². The van der Waals surface area contributed by atoms with Crippen LogP contribution in [-0.2, 0) is 14.3 Å². The number of anilines is 1. The fourth-order valence-electron chi connectivity index (χ4n) is 6.82. The zero-order valence-corrected chi connectivity index (χ0v) is 22.0. The number of benzene rings is 1. The van der Waals surface area contributed by atoms with Gasteiger partial charge in [0.05, 0.1) is 12.5 Å². The van der Waals surface area contributed by atoms with Crippen LogP contribution in [0.3, 0.4) is 0 Å². The number of fused-ring (bicyclic) bond motifs is 1. The highest BCUT2D eigenvalue weighted by molar-refractivity contribution is 5.99. The van der Waals surface area contributed by atoms with Crippen LogP contribution < -0.4 is 10.6 Å². The smallest absolute Gasteiger partial charge is 0.249 e. The lowest BCUT2D eigenvalue weighted by molar-refractivity contribution is -0.139. The van der Waals surface area contributed by atoms with Crippen molar-refractivity contribution in [1.29, 1.82) is 0 Å². The fourth-order valence-corrected chi connectivity index (χ4v) is 6.82. The van der Waals surface area contributed by atoms with Gasteiger partial charge >= 0.3 is 0 Å². The molecular formula is C28H40N4O5. The highest BCUT2D eigenvalue weighted by Gasteiger charge is 2.53. The molecule has 0 unspecified atom stereocenters. The normalized spacial score (nSPS) is 28.1. The number of likely N-dealkylation sites (tertiary alicyclic amines) is 1. The highest BCUT2D eigenvalue weighted by Crippen LogP contribution is 2.42. The van der Waals surface area contributed by atoms with Gasteiger partial charge in [-0.2, -0.15) is 0 Å². The van der Waals surface area contributed by atoms with Crippen LogP contribution in [0.4, 0.5) is 5.69 Å². The topological polar surface area (TPSA) is 116 Å². The lowest BCUT2D eigenvalue weighted by atomic mass is 9.74. The van der Waals surface area contributed by atoms with Crippen molar-refractivity contribution in [2.24, 2.45) is 11.7 Å². The minimum atomic E-state index is -0.897. The number of carbonyl (C=O) groups is 3. The Hall–Kier alpha value is -2.49. The predicted molar refractivity (Wildman–Crippen MR) is 139 cm³/mol. The van der Waals surface area contributed by atoms with Gasteiger partial charge in [-0.15, -0.1) is 0 Å². The quantitative estimate of drug-likeness (QED) is 0.594. The van der Waals surface area contributed by atoms with Crippen LogP contribution >= 0.6 is 0 Å². The van der Waals surface area contributed by atoms with E-state index in [4.69, 9.17) is 10.5 Å². The van der Waals surface area contributed by atoms with E-state index in [1.807, 2.05) is 12.1 Å². The molecule has 37 heavy (non-hydrogen) atoms. The molecule has 9 nitrogen and oxygen atoms in total. The van der Waals surface area contributed by atoms with Gasteiger partial charge in [0.25, 0.3) is 0 Å². The molecule has 0 bridgehead atoms. The van der Waals surface area contributed by atoms with E-state index >= 15 is 0 Å². The number of nitrogens with two attached hydrogens (primary N) is 1. The molecule has 3 saturated heterocycles. The largest absolute Gasteiger partial charge is 0.388 e. The summed E-state index contributed by atoms with van der Waals surface area (Å²) < 4.78 is 5.52. The first kappa shape index (κ1) is 26.1. The number of nitrogens with zero attached hydrogens (tertiary/aromatic N) is 3. The van der Waals surface area contributed by atoms with Crippen molar-refractivity contribution in [3.8, 4) is 0 Å². The second-order valence-corrected chi connectivity index (χ2v) is 11.4. The van der Waals surface area contributed by atoms with Crippen molar-refractivity contribution in [3.05, 3.63) is 29.3 Å². The van der Waals surface area contributed by atoms with E-state index in [-0.39, 0.29) is 30.8 Å². The first-order chi connectivity index (χ1) is 17.8. The zero-order valence-electron chi connectivity index (χ0n) is 22.0. The Morgan fingerprint density at radius 2 is 1.78 bits per heavy atom. The molecule has 4 fully saturated rings. The lowest BCUT2D eigenvalue weighted by Gasteiger charge is -2.39. The molecule has 3 aliphatic heterocycles. The molecule has 1 saturated carbocycles. The van der Waals surface area contributed by atoms with Crippen molar-refractivity contribution in [2.75, 3.05) is 44.2 Å². The summed E-state index contributed by atoms with van der Waals surface area (Å²) in [7, 11) is 0. The molecule has 4 atom stereocenters. The van der Waals surface area contributed by atoms with Crippen LogP contribution in [0.15, 0.2) is 18.2 Å². The number of hydrogen-bond donors (Lipinski definition) is 2. The number of hydrogen-bond acceptors (Lipinski definition) is 7. The molecule has 202 valence electrons. The maximum absolute atomic E-state index is 14.3. The van der Waals surface area contributed by atoms with Gasteiger partial charge in [0, 0.05) is 43.5 Å². The van der Waals surface area contributed by atoms with Crippen molar-refractivity contribution in [2.45, 2.75) is 76.2 Å². The second-order valence-electron chi connectivity index (χ2n) is 11.4. The molecule has 0 spiro atoms. The Kier molecular flexibility index (Phi) is 7.56. The van der Waals surface area contributed by atoms with Gasteiger partial charge in [0.1, 0.15) is 24.9 Å². The average molecular weight is 513 g/mol. The van der Waals surface area contributed by atoms with Crippen molar-refractivity contribution < 1.29 is 24.2 Å². The molecule has 0 aromatic heterocycles. The molecule has 2 amide bonds. The van der Waals surface area contributed by atoms with Gasteiger partial charge in [-0.05, 0) is 56.4 Å². The van der Waals surface area contributed by atoms with E-state index in [9.17, 15) is 19.5 Å². The van der Waals surface area contributed by atoms with Crippen LogP contribution in [0, 0.1) is 5.92 Å². The molecule has 1 aromatic rings. The Labute approximate surface area is 218 Å². The maximum atomic E-state index is 14.3. The molecule has 3 N–H and O–H groups in total. The average Bonchev–Trinajstić information content (AvgIpc) is 3.45. The van der Waals surface area contributed by atoms with Crippen molar-refractivity contribution in [3.63, 3.8) is 0 Å². The number of β-amino-alcohol motifs (C(OH)–C–C–N with tert-alkyl or cyclic N) is 1. The number of primary amides is 1. The van der Waals surface area contributed by atoms with Crippen molar-refractivity contribution in [1.82, 2.24) is 9.80 Å². The summed E-state index contributed by atoms with van der Waals surface area (Å²) in [5.41, 5.74) is 7.84. The van der Waals surface area contributed by atoms with Crippen LogP contribution in [0.5, 0.6) is 0 Å². The van der Waals surface area contributed by atoms with Gasteiger partial charge in [0.15, 0.2) is 5.78 Å². The first-order valence-electron chi connectivity index (χ1n) is 13.8. The minimum absolute atomic E-state index is 0.0426. The number of aliphatic hydroxyl groups excluding tert-OH is 1. The number of aliphatic hydroxyl groups is 1. The number of piperazine rings is 1. The van der Waals surface area contributed by atoms with E-state index in [0.717, 1.165) is 64.0 Å². The van der Waals surface area contributed by atoms with Crippen molar-refractivity contribution >= 4 is 23.3 Å². The molecule has 4 aliphatic rings. The summed E-state index contributed by atoms with van der Waals surface area (Å²) >= 11 is 0. The standard InChI is InChI=1S/C28H40N4O5/c1-17(2)30-10-12-31(13-11-30)19-8-9-20(27(29)35)21(14-19)24(18-6-4-3-5-7-18)28(36)32-15-22(33)26-25(32)23(34)16-37-26/h8-9,14,17-18,22,24-26,33H,3-7,10-13,15-16H2,1-2H3,(H2,29,35)/t22-,24-,25+,26+/m0/s1. The second kappa shape index (κ2) is 10.7. The highest BCUT2D eigenvalue weighted by atomic mass is 16.5. The molecular weight excluding hydrogens is 472 g/mol. The van der Waals surface area contributed by atoms with Crippen LogP contribution in [0.25, 0.3) is 0 Å². The fraction of sp³-hybridized carbons (Fsp3) is 0.679. The summed E-state index contributed by atoms with van der Waals surface area (Å²) in [4.78, 5) is 45.8. The van der Waals surface area contributed by atoms with E-state index < -0.39 is 30.1 Å². The predicted octanol–water partition coefficient (Wildman–Crippen LogP) is 1.52. The summed E-state index contributed by atoms with van der Waals surface area (Å²) in [6.45, 7) is 8.01. The van der Waals surface area contributed by atoms with Gasteiger partial charge in [0.2, 0.25) is 11.8 Å².